The van der Waals surface area contributed by atoms with Crippen molar-refractivity contribution in [3.63, 3.8) is 0 Å². The summed E-state index contributed by atoms with van der Waals surface area (Å²) in [5.74, 6) is -1.06. The summed E-state index contributed by atoms with van der Waals surface area (Å²) in [7, 11) is -3.71. The van der Waals surface area contributed by atoms with Gasteiger partial charge in [-0.05, 0) is 49.2 Å². The number of amides is 1. The molecular formula is C19H18FN3O3S. The minimum absolute atomic E-state index is 0.0368. The van der Waals surface area contributed by atoms with Crippen LogP contribution in [0.2, 0.25) is 0 Å². The number of benzene rings is 2. The van der Waals surface area contributed by atoms with E-state index in [2.05, 4.69) is 5.32 Å². The summed E-state index contributed by atoms with van der Waals surface area (Å²) in [5.41, 5.74) is 0.827. The number of para-hydroxylation sites is 1. The van der Waals surface area contributed by atoms with Gasteiger partial charge in [0.05, 0.1) is 16.1 Å². The molecule has 1 fully saturated rings. The normalized spacial score (nSPS) is 15.9. The minimum atomic E-state index is -3.71. The van der Waals surface area contributed by atoms with E-state index in [-0.39, 0.29) is 29.8 Å². The molecule has 1 saturated heterocycles. The number of sulfonamides is 1. The van der Waals surface area contributed by atoms with Crippen molar-refractivity contribution in [2.24, 2.45) is 5.92 Å². The molecule has 27 heavy (non-hydrogen) atoms. The number of hydrogen-bond acceptors (Lipinski definition) is 4. The van der Waals surface area contributed by atoms with Gasteiger partial charge in [0.25, 0.3) is 0 Å². The summed E-state index contributed by atoms with van der Waals surface area (Å²) in [6, 6.07) is 13.4. The molecule has 2 aromatic carbocycles. The number of rotatable bonds is 4. The van der Waals surface area contributed by atoms with Gasteiger partial charge < -0.3 is 5.32 Å². The summed E-state index contributed by atoms with van der Waals surface area (Å²) in [6.07, 6.45) is 0.752. The lowest BCUT2D eigenvalue weighted by Gasteiger charge is -2.30. The van der Waals surface area contributed by atoms with Crippen molar-refractivity contribution in [2.75, 3.05) is 18.4 Å². The van der Waals surface area contributed by atoms with Gasteiger partial charge in [-0.15, -0.1) is 0 Å². The fourth-order valence-corrected chi connectivity index (χ4v) is 4.51. The Kier molecular flexibility index (Phi) is 5.54. The van der Waals surface area contributed by atoms with Gasteiger partial charge in [-0.25, -0.2) is 12.8 Å². The highest BCUT2D eigenvalue weighted by atomic mass is 32.2. The number of piperidine rings is 1. The van der Waals surface area contributed by atoms with E-state index in [4.69, 9.17) is 5.26 Å². The van der Waals surface area contributed by atoms with Crippen molar-refractivity contribution in [3.8, 4) is 6.07 Å². The Morgan fingerprint density at radius 3 is 2.37 bits per heavy atom. The average Bonchev–Trinajstić information content (AvgIpc) is 2.69. The predicted octanol–water partition coefficient (Wildman–Crippen LogP) is 2.74. The minimum Gasteiger partial charge on any atom is -0.325 e. The van der Waals surface area contributed by atoms with Crippen molar-refractivity contribution >= 4 is 21.6 Å². The third-order valence-electron chi connectivity index (χ3n) is 4.58. The molecule has 1 aliphatic rings. The first-order chi connectivity index (χ1) is 12.9. The van der Waals surface area contributed by atoms with Crippen LogP contribution < -0.4 is 5.32 Å². The molecule has 1 heterocycles. The second kappa shape index (κ2) is 7.86. The molecule has 0 radical (unpaired) electrons. The lowest BCUT2D eigenvalue weighted by molar-refractivity contribution is -0.120. The Morgan fingerprint density at radius 2 is 1.74 bits per heavy atom. The Hall–Kier alpha value is -2.76. The van der Waals surface area contributed by atoms with E-state index < -0.39 is 15.8 Å². The molecule has 140 valence electrons. The molecule has 0 bridgehead atoms. The van der Waals surface area contributed by atoms with Gasteiger partial charge in [-0.3, -0.25) is 4.79 Å². The molecule has 1 N–H and O–H groups in total. The van der Waals surface area contributed by atoms with Gasteiger partial charge in [0.15, 0.2) is 0 Å². The molecule has 8 heteroatoms. The molecule has 0 aromatic heterocycles. The molecule has 2 aromatic rings. The Bertz CT molecular complexity index is 976. The number of nitriles is 1. The van der Waals surface area contributed by atoms with E-state index in [0.717, 1.165) is 12.1 Å². The van der Waals surface area contributed by atoms with Gasteiger partial charge in [0.1, 0.15) is 11.9 Å². The van der Waals surface area contributed by atoms with Crippen LogP contribution in [0.15, 0.2) is 53.4 Å². The predicted molar refractivity (Wildman–Crippen MR) is 97.7 cm³/mol. The molecule has 3 rings (SSSR count). The molecule has 0 spiro atoms. The first-order valence-corrected chi connectivity index (χ1v) is 9.91. The quantitative estimate of drug-likeness (QED) is 0.873. The number of carbonyl (C=O) groups is 1. The van der Waals surface area contributed by atoms with Crippen LogP contribution in [-0.2, 0) is 14.8 Å². The lowest BCUT2D eigenvalue weighted by atomic mass is 9.97. The topological polar surface area (TPSA) is 90.3 Å². The van der Waals surface area contributed by atoms with Crippen LogP contribution in [-0.4, -0.2) is 31.7 Å². The van der Waals surface area contributed by atoms with E-state index in [1.54, 1.807) is 24.3 Å². The van der Waals surface area contributed by atoms with E-state index >= 15 is 0 Å². The van der Waals surface area contributed by atoms with E-state index in [1.807, 2.05) is 6.07 Å². The van der Waals surface area contributed by atoms with Gasteiger partial charge in [0.2, 0.25) is 15.9 Å². The monoisotopic (exact) mass is 387 g/mol. The van der Waals surface area contributed by atoms with Crippen LogP contribution in [0.1, 0.15) is 18.4 Å². The van der Waals surface area contributed by atoms with Gasteiger partial charge >= 0.3 is 0 Å². The van der Waals surface area contributed by atoms with Gasteiger partial charge in [-0.1, -0.05) is 12.1 Å². The lowest BCUT2D eigenvalue weighted by Crippen LogP contribution is -2.41. The summed E-state index contributed by atoms with van der Waals surface area (Å²) in [4.78, 5) is 12.5. The first-order valence-electron chi connectivity index (χ1n) is 8.47. The smallest absolute Gasteiger partial charge is 0.243 e. The second-order valence-electron chi connectivity index (χ2n) is 6.28. The molecule has 0 atom stereocenters. The summed E-state index contributed by atoms with van der Waals surface area (Å²) >= 11 is 0. The van der Waals surface area contributed by atoms with Gasteiger partial charge in [0, 0.05) is 19.0 Å². The van der Waals surface area contributed by atoms with Crippen LogP contribution >= 0.6 is 0 Å². The highest BCUT2D eigenvalue weighted by Crippen LogP contribution is 2.25. The zero-order valence-corrected chi connectivity index (χ0v) is 15.2. The summed E-state index contributed by atoms with van der Waals surface area (Å²) in [6.45, 7) is 0.412. The Morgan fingerprint density at radius 1 is 1.11 bits per heavy atom. The highest BCUT2D eigenvalue weighted by molar-refractivity contribution is 7.89. The van der Waals surface area contributed by atoms with Crippen molar-refractivity contribution in [2.45, 2.75) is 17.7 Å². The van der Waals surface area contributed by atoms with Crippen LogP contribution in [0.25, 0.3) is 0 Å². The Balaban J connectivity index is 1.64. The fraction of sp³-hybridized carbons (Fsp3) is 0.263. The molecule has 1 amide bonds. The standard InChI is InChI=1S/C19H18FN3O3S/c20-16-5-7-17(8-6-16)27(25,26)23-11-9-14(10-12-23)19(24)22-18-4-2-1-3-15(18)13-21/h1-8,14H,9-12H2,(H,22,24). The molecular weight excluding hydrogens is 369 g/mol. The first kappa shape index (κ1) is 19.0. The van der Waals surface area contributed by atoms with E-state index in [1.165, 1.54) is 16.4 Å². The van der Waals surface area contributed by atoms with E-state index in [9.17, 15) is 17.6 Å². The summed E-state index contributed by atoms with van der Waals surface area (Å²) < 4.78 is 39.6. The fourth-order valence-electron chi connectivity index (χ4n) is 3.04. The van der Waals surface area contributed by atoms with Crippen LogP contribution in [0.3, 0.4) is 0 Å². The molecule has 1 aliphatic heterocycles. The zero-order valence-electron chi connectivity index (χ0n) is 14.4. The van der Waals surface area contributed by atoms with Crippen LogP contribution in [0.5, 0.6) is 0 Å². The zero-order chi connectivity index (χ0) is 19.4. The number of hydrogen-bond donors (Lipinski definition) is 1. The number of nitrogens with one attached hydrogen (secondary N) is 1. The maximum atomic E-state index is 13.0. The second-order valence-corrected chi connectivity index (χ2v) is 8.22. The average molecular weight is 387 g/mol. The third kappa shape index (κ3) is 4.15. The number of anilines is 1. The van der Waals surface area contributed by atoms with Crippen molar-refractivity contribution in [1.29, 1.82) is 5.26 Å². The SMILES string of the molecule is N#Cc1ccccc1NC(=O)C1CCN(S(=O)(=O)c2ccc(F)cc2)CC1. The van der Waals surface area contributed by atoms with Gasteiger partial charge in [-0.2, -0.15) is 9.57 Å². The molecule has 0 saturated carbocycles. The van der Waals surface area contributed by atoms with Crippen LogP contribution in [0, 0.1) is 23.1 Å². The molecule has 6 nitrogen and oxygen atoms in total. The van der Waals surface area contributed by atoms with Crippen molar-refractivity contribution in [3.05, 3.63) is 59.9 Å². The number of carbonyl (C=O) groups excluding carboxylic acids is 1. The molecule has 0 aliphatic carbocycles. The van der Waals surface area contributed by atoms with Crippen LogP contribution in [0.4, 0.5) is 10.1 Å². The summed E-state index contributed by atoms with van der Waals surface area (Å²) in [5, 5.41) is 11.8. The largest absolute Gasteiger partial charge is 0.325 e. The number of nitrogens with zero attached hydrogens (tertiary/aromatic N) is 2. The van der Waals surface area contributed by atoms with Crippen molar-refractivity contribution < 1.29 is 17.6 Å². The Labute approximate surface area is 157 Å². The highest BCUT2D eigenvalue weighted by Gasteiger charge is 2.32. The van der Waals surface area contributed by atoms with Crippen molar-refractivity contribution in [1.82, 2.24) is 4.31 Å². The maximum Gasteiger partial charge on any atom is 0.243 e. The third-order valence-corrected chi connectivity index (χ3v) is 6.49. The van der Waals surface area contributed by atoms with E-state index in [0.29, 0.717) is 24.1 Å². The molecule has 0 unspecified atom stereocenters. The number of halogens is 1. The maximum absolute atomic E-state index is 13.0.